The van der Waals surface area contributed by atoms with Gasteiger partial charge in [0.15, 0.2) is 0 Å². The molecule has 3 heterocycles. The second-order valence-electron chi connectivity index (χ2n) is 7.59. The van der Waals surface area contributed by atoms with Crippen LogP contribution in [0.2, 0.25) is 0 Å². The van der Waals surface area contributed by atoms with Crippen molar-refractivity contribution in [3.63, 3.8) is 0 Å². The van der Waals surface area contributed by atoms with Crippen LogP contribution in [0.15, 0.2) is 0 Å². The summed E-state index contributed by atoms with van der Waals surface area (Å²) >= 11 is 0. The number of hydrogen-bond donors (Lipinski definition) is 1. The molecule has 3 saturated heterocycles. The summed E-state index contributed by atoms with van der Waals surface area (Å²) in [4.78, 5) is 21.8. The van der Waals surface area contributed by atoms with E-state index in [1.807, 2.05) is 0 Å². The normalized spacial score (nSPS) is 29.8. The van der Waals surface area contributed by atoms with E-state index in [1.54, 1.807) is 0 Å². The van der Waals surface area contributed by atoms with Gasteiger partial charge in [-0.05, 0) is 52.4 Å². The summed E-state index contributed by atoms with van der Waals surface area (Å²) in [5.41, 5.74) is 6.01. The maximum absolute atomic E-state index is 12.5. The van der Waals surface area contributed by atoms with E-state index in [0.717, 1.165) is 58.2 Å². The second-order valence-corrected chi connectivity index (χ2v) is 7.59. The van der Waals surface area contributed by atoms with E-state index in [-0.39, 0.29) is 6.04 Å². The molecular formula is C17H33N5O. The van der Waals surface area contributed by atoms with Gasteiger partial charge in [0.1, 0.15) is 0 Å². The monoisotopic (exact) mass is 323 g/mol. The van der Waals surface area contributed by atoms with Crippen LogP contribution in [0.5, 0.6) is 0 Å². The molecule has 3 aliphatic heterocycles. The number of amides is 1. The Morgan fingerprint density at radius 3 is 2.35 bits per heavy atom. The van der Waals surface area contributed by atoms with Gasteiger partial charge in [-0.3, -0.25) is 14.6 Å². The van der Waals surface area contributed by atoms with Crippen LogP contribution in [0, 0.1) is 0 Å². The standard InChI is InChI=1S/C17H33N5O/c1-19-7-4-16(5-8-19)21-9-11-22(12-10-21)17(23)14-20-6-2-3-15(18)13-20/h15-16H,2-14,18H2,1H3. The molecule has 3 aliphatic rings. The third-order valence-electron chi connectivity index (χ3n) is 5.77. The van der Waals surface area contributed by atoms with Crippen molar-refractivity contribution in [2.24, 2.45) is 5.73 Å². The minimum atomic E-state index is 0.248. The molecule has 3 fully saturated rings. The van der Waals surface area contributed by atoms with Crippen LogP contribution in [-0.2, 0) is 4.79 Å². The smallest absolute Gasteiger partial charge is 0.236 e. The Morgan fingerprint density at radius 1 is 1.00 bits per heavy atom. The van der Waals surface area contributed by atoms with Crippen LogP contribution >= 0.6 is 0 Å². The summed E-state index contributed by atoms with van der Waals surface area (Å²) in [6.45, 7) is 8.74. The van der Waals surface area contributed by atoms with Gasteiger partial charge in [-0.1, -0.05) is 0 Å². The maximum Gasteiger partial charge on any atom is 0.236 e. The number of carbonyl (C=O) groups excluding carboxylic acids is 1. The minimum Gasteiger partial charge on any atom is -0.339 e. The van der Waals surface area contributed by atoms with Crippen LogP contribution in [0.4, 0.5) is 0 Å². The fourth-order valence-electron chi connectivity index (χ4n) is 4.22. The van der Waals surface area contributed by atoms with E-state index in [1.165, 1.54) is 25.9 Å². The lowest BCUT2D eigenvalue weighted by Crippen LogP contribution is -2.56. The lowest BCUT2D eigenvalue weighted by molar-refractivity contribution is -0.134. The largest absolute Gasteiger partial charge is 0.339 e. The van der Waals surface area contributed by atoms with Gasteiger partial charge in [0.05, 0.1) is 6.54 Å². The third kappa shape index (κ3) is 4.66. The molecule has 0 spiro atoms. The van der Waals surface area contributed by atoms with E-state index in [0.29, 0.717) is 12.5 Å². The minimum absolute atomic E-state index is 0.248. The molecule has 6 nitrogen and oxygen atoms in total. The highest BCUT2D eigenvalue weighted by molar-refractivity contribution is 5.78. The van der Waals surface area contributed by atoms with E-state index in [9.17, 15) is 4.79 Å². The van der Waals surface area contributed by atoms with Crippen molar-refractivity contribution < 1.29 is 4.79 Å². The van der Waals surface area contributed by atoms with Crippen molar-refractivity contribution in [3.8, 4) is 0 Å². The Bertz CT molecular complexity index is 388. The highest BCUT2D eigenvalue weighted by atomic mass is 16.2. The molecule has 0 saturated carbocycles. The molecule has 0 aliphatic carbocycles. The fourth-order valence-corrected chi connectivity index (χ4v) is 4.22. The summed E-state index contributed by atoms with van der Waals surface area (Å²) in [5, 5.41) is 0. The van der Waals surface area contributed by atoms with E-state index in [2.05, 4.69) is 26.6 Å². The van der Waals surface area contributed by atoms with Crippen LogP contribution in [0.25, 0.3) is 0 Å². The number of likely N-dealkylation sites (tertiary alicyclic amines) is 2. The van der Waals surface area contributed by atoms with Gasteiger partial charge >= 0.3 is 0 Å². The van der Waals surface area contributed by atoms with Crippen LogP contribution in [-0.4, -0.2) is 104 Å². The van der Waals surface area contributed by atoms with Crippen LogP contribution in [0.3, 0.4) is 0 Å². The van der Waals surface area contributed by atoms with Gasteiger partial charge in [0.25, 0.3) is 0 Å². The first kappa shape index (κ1) is 17.1. The Morgan fingerprint density at radius 2 is 1.70 bits per heavy atom. The zero-order valence-corrected chi connectivity index (χ0v) is 14.6. The van der Waals surface area contributed by atoms with E-state index < -0.39 is 0 Å². The quantitative estimate of drug-likeness (QED) is 0.769. The van der Waals surface area contributed by atoms with Crippen molar-refractivity contribution in [1.82, 2.24) is 19.6 Å². The highest BCUT2D eigenvalue weighted by Crippen LogP contribution is 2.17. The van der Waals surface area contributed by atoms with Crippen molar-refractivity contribution in [3.05, 3.63) is 0 Å². The molecule has 0 bridgehead atoms. The molecular weight excluding hydrogens is 290 g/mol. The van der Waals surface area contributed by atoms with Crippen LogP contribution < -0.4 is 5.73 Å². The number of hydrogen-bond acceptors (Lipinski definition) is 5. The van der Waals surface area contributed by atoms with Crippen molar-refractivity contribution >= 4 is 5.91 Å². The zero-order chi connectivity index (χ0) is 16.2. The molecule has 0 aromatic rings. The summed E-state index contributed by atoms with van der Waals surface area (Å²) in [7, 11) is 2.21. The Labute approximate surface area is 140 Å². The summed E-state index contributed by atoms with van der Waals surface area (Å²) < 4.78 is 0. The predicted octanol–water partition coefficient (Wildman–Crippen LogP) is -0.352. The maximum atomic E-state index is 12.5. The molecule has 6 heteroatoms. The first-order valence-electron chi connectivity index (χ1n) is 9.30. The first-order chi connectivity index (χ1) is 11.1. The highest BCUT2D eigenvalue weighted by Gasteiger charge is 2.29. The number of nitrogens with zero attached hydrogens (tertiary/aromatic N) is 4. The number of rotatable bonds is 3. The van der Waals surface area contributed by atoms with E-state index in [4.69, 9.17) is 5.73 Å². The Balaban J connectivity index is 1.40. The van der Waals surface area contributed by atoms with Crippen molar-refractivity contribution in [1.29, 1.82) is 0 Å². The fraction of sp³-hybridized carbons (Fsp3) is 0.941. The molecule has 0 aromatic heterocycles. The summed E-state index contributed by atoms with van der Waals surface area (Å²) in [5.74, 6) is 0.294. The summed E-state index contributed by atoms with van der Waals surface area (Å²) in [6, 6.07) is 0.973. The van der Waals surface area contributed by atoms with Gasteiger partial charge < -0.3 is 15.5 Å². The third-order valence-corrected chi connectivity index (χ3v) is 5.77. The molecule has 1 amide bonds. The predicted molar refractivity (Wildman–Crippen MR) is 92.3 cm³/mol. The molecule has 1 atom stereocenters. The second kappa shape index (κ2) is 7.92. The van der Waals surface area contributed by atoms with Gasteiger partial charge in [-0.25, -0.2) is 0 Å². The molecule has 132 valence electrons. The molecule has 3 rings (SSSR count). The Hall–Kier alpha value is -0.690. The van der Waals surface area contributed by atoms with E-state index >= 15 is 0 Å². The van der Waals surface area contributed by atoms with Gasteiger partial charge in [-0.2, -0.15) is 0 Å². The van der Waals surface area contributed by atoms with Gasteiger partial charge in [-0.15, -0.1) is 0 Å². The molecule has 1 unspecified atom stereocenters. The molecule has 0 radical (unpaired) electrons. The number of carbonyl (C=O) groups is 1. The summed E-state index contributed by atoms with van der Waals surface area (Å²) in [6.07, 6.45) is 4.77. The Kier molecular flexibility index (Phi) is 5.91. The number of piperazine rings is 1. The SMILES string of the molecule is CN1CCC(N2CCN(C(=O)CN3CCCC(N)C3)CC2)CC1. The number of piperidine rings is 2. The molecule has 0 aromatic carbocycles. The first-order valence-corrected chi connectivity index (χ1v) is 9.30. The van der Waals surface area contributed by atoms with Gasteiger partial charge in [0, 0.05) is 44.8 Å². The van der Waals surface area contributed by atoms with Crippen molar-refractivity contribution in [2.75, 3.05) is 66.0 Å². The molecule has 2 N–H and O–H groups in total. The lowest BCUT2D eigenvalue weighted by atomic mass is 10.0. The van der Waals surface area contributed by atoms with Crippen LogP contribution in [0.1, 0.15) is 25.7 Å². The number of nitrogens with two attached hydrogens (primary N) is 1. The zero-order valence-electron chi connectivity index (χ0n) is 14.6. The molecule has 23 heavy (non-hydrogen) atoms. The van der Waals surface area contributed by atoms with Crippen molar-refractivity contribution in [2.45, 2.75) is 37.8 Å². The van der Waals surface area contributed by atoms with Gasteiger partial charge in [0.2, 0.25) is 5.91 Å². The topological polar surface area (TPSA) is 56.0 Å². The lowest BCUT2D eigenvalue weighted by Gasteiger charge is -2.42. The average molecular weight is 323 g/mol. The average Bonchev–Trinajstić information content (AvgIpc) is 2.56.